The molecule has 0 amide bonds. The molecule has 0 radical (unpaired) electrons. The number of benzene rings is 4. The predicted octanol–water partition coefficient (Wildman–Crippen LogP) is 5.13. The van der Waals surface area contributed by atoms with Crippen molar-refractivity contribution in [2.24, 2.45) is 5.10 Å². The van der Waals surface area contributed by atoms with Gasteiger partial charge in [0.25, 0.3) is 6.85 Å². The van der Waals surface area contributed by atoms with Crippen molar-refractivity contribution in [3.8, 4) is 32.8 Å². The maximum absolute atomic E-state index is 4.57. The zero-order valence-electron chi connectivity index (χ0n) is 20.3. The van der Waals surface area contributed by atoms with Crippen molar-refractivity contribution >= 4 is 52.5 Å². The van der Waals surface area contributed by atoms with Gasteiger partial charge in [0.2, 0.25) is 0 Å². The molecule has 0 N–H and O–H groups in total. The van der Waals surface area contributed by atoms with Gasteiger partial charge in [-0.15, -0.1) is 58.8 Å². The number of anilines is 3. The third-order valence-electron chi connectivity index (χ3n) is 7.24. The van der Waals surface area contributed by atoms with Crippen LogP contribution in [0.15, 0.2) is 89.5 Å². The van der Waals surface area contributed by atoms with Gasteiger partial charge < -0.3 is 14.7 Å². The van der Waals surface area contributed by atoms with Crippen LogP contribution in [0.1, 0.15) is 0 Å². The fraction of sp³-hybridized carbons (Fsp3) is 0.0333. The van der Waals surface area contributed by atoms with Crippen LogP contribution in [0.2, 0.25) is 0 Å². The van der Waals surface area contributed by atoms with Crippen molar-refractivity contribution < 1.29 is 21.1 Å². The molecular formula is C30H19BN5PtS-3. The minimum atomic E-state index is -0.0769. The largest absolute Gasteiger partial charge is 0.483 e. The van der Waals surface area contributed by atoms with Crippen LogP contribution >= 0.6 is 11.3 Å². The fourth-order valence-electron chi connectivity index (χ4n) is 5.68. The molecule has 4 heterocycles. The SMILES string of the molecule is CN1[CH-]N(c2[c-]c3c(cc2)-c2ccccc2N2B3c3[c-]c(-c4nccs4)ccc3-c3ccccc32)C=N1.[Pt]. The monoisotopic (exact) mass is 687 g/mol. The van der Waals surface area contributed by atoms with Crippen molar-refractivity contribution in [2.45, 2.75) is 0 Å². The first-order valence-electron chi connectivity index (χ1n) is 12.2. The standard InChI is InChI=1S/C30H19BN5S.Pt/c1-34-19-35(18-33-34)21-11-13-23-25-7-3-5-9-29(25)36-28-8-4-2-6-24(28)22-12-10-20(30-32-14-15-37-30)16-26(22)31(36)27(23)17-21;/h2-15,18-19H,1H3;/q-3;. The molecule has 3 aliphatic rings. The average Bonchev–Trinajstić information content (AvgIpc) is 3.65. The van der Waals surface area contributed by atoms with Crippen molar-refractivity contribution in [3.63, 3.8) is 0 Å². The van der Waals surface area contributed by atoms with Crippen LogP contribution in [0.3, 0.4) is 0 Å². The Labute approximate surface area is 240 Å². The molecule has 0 bridgehead atoms. The molecule has 0 saturated heterocycles. The smallest absolute Gasteiger partial charge is 0.285 e. The van der Waals surface area contributed by atoms with Gasteiger partial charge in [-0.25, -0.2) is 5.10 Å². The van der Waals surface area contributed by atoms with Crippen LogP contribution in [0, 0.1) is 18.8 Å². The maximum Gasteiger partial charge on any atom is 0.285 e. The number of rotatable bonds is 2. The van der Waals surface area contributed by atoms with Crippen LogP contribution in [-0.2, 0) is 21.1 Å². The number of hydrazone groups is 1. The maximum atomic E-state index is 4.57. The Hall–Kier alpha value is -3.67. The van der Waals surface area contributed by atoms with Gasteiger partial charge >= 0.3 is 0 Å². The van der Waals surface area contributed by atoms with Crippen molar-refractivity contribution in [3.05, 3.63) is 103 Å². The van der Waals surface area contributed by atoms with E-state index < -0.39 is 0 Å². The quantitative estimate of drug-likeness (QED) is 0.191. The van der Waals surface area contributed by atoms with Gasteiger partial charge in [0, 0.05) is 49.0 Å². The van der Waals surface area contributed by atoms with Crippen molar-refractivity contribution in [1.82, 2.24) is 9.99 Å². The van der Waals surface area contributed by atoms with E-state index in [0.29, 0.717) is 0 Å². The second-order valence-electron chi connectivity index (χ2n) is 9.34. The number of hydrogen-bond acceptors (Lipinski definition) is 6. The first kappa shape index (κ1) is 23.5. The normalized spacial score (nSPS) is 14.3. The van der Waals surface area contributed by atoms with Gasteiger partial charge in [-0.3, -0.25) is 4.98 Å². The molecule has 1 aromatic heterocycles. The number of nitrogens with zero attached hydrogens (tertiary/aromatic N) is 5. The Bertz CT molecular complexity index is 1720. The summed E-state index contributed by atoms with van der Waals surface area (Å²) < 4.78 is 0. The van der Waals surface area contributed by atoms with E-state index in [1.165, 1.54) is 33.6 Å². The fourth-order valence-corrected chi connectivity index (χ4v) is 6.30. The van der Waals surface area contributed by atoms with E-state index in [9.17, 15) is 0 Å². The van der Waals surface area contributed by atoms with Crippen LogP contribution in [-0.4, -0.2) is 30.2 Å². The van der Waals surface area contributed by atoms with Gasteiger partial charge in [-0.1, -0.05) is 42.0 Å². The van der Waals surface area contributed by atoms with E-state index in [2.05, 4.69) is 99.8 Å². The van der Waals surface area contributed by atoms with Crippen LogP contribution in [0.25, 0.3) is 32.8 Å². The summed E-state index contributed by atoms with van der Waals surface area (Å²) in [5.74, 6) is 0. The molecule has 0 atom stereocenters. The van der Waals surface area contributed by atoms with Crippen LogP contribution in [0.5, 0.6) is 0 Å². The van der Waals surface area contributed by atoms with Gasteiger partial charge in [-0.2, -0.15) is 28.9 Å². The first-order valence-corrected chi connectivity index (χ1v) is 13.0. The van der Waals surface area contributed by atoms with E-state index in [1.807, 2.05) is 36.5 Å². The zero-order chi connectivity index (χ0) is 24.5. The number of aromatic nitrogens is 1. The number of thiazole rings is 1. The van der Waals surface area contributed by atoms with Gasteiger partial charge in [0.15, 0.2) is 0 Å². The number of fused-ring (bicyclic) bond motifs is 11. The van der Waals surface area contributed by atoms with Crippen molar-refractivity contribution in [2.75, 3.05) is 16.8 Å². The Morgan fingerprint density at radius 2 is 1.50 bits per heavy atom. The molecule has 3 aliphatic heterocycles. The topological polar surface area (TPSA) is 35.0 Å². The molecule has 0 fully saturated rings. The van der Waals surface area contributed by atoms with Gasteiger partial charge in [-0.05, 0) is 24.7 Å². The summed E-state index contributed by atoms with van der Waals surface area (Å²) in [7, 11) is 1.93. The van der Waals surface area contributed by atoms with Gasteiger partial charge in [0.05, 0.1) is 6.34 Å². The number of hydrogen-bond donors (Lipinski definition) is 0. The van der Waals surface area contributed by atoms with E-state index in [0.717, 1.165) is 27.2 Å². The summed E-state index contributed by atoms with van der Waals surface area (Å²) in [5, 5.41) is 9.16. The second kappa shape index (κ2) is 8.97. The summed E-state index contributed by atoms with van der Waals surface area (Å²) in [6.45, 7) is 1.88. The summed E-state index contributed by atoms with van der Waals surface area (Å²) in [6.07, 6.45) is 3.68. The number of para-hydroxylation sites is 2. The van der Waals surface area contributed by atoms with E-state index in [4.69, 9.17) is 0 Å². The minimum Gasteiger partial charge on any atom is -0.483 e. The Balaban J connectivity index is 0.00000242. The molecular weight excluding hydrogens is 668 g/mol. The predicted molar refractivity (Wildman–Crippen MR) is 153 cm³/mol. The molecule has 8 rings (SSSR count). The third-order valence-corrected chi connectivity index (χ3v) is 8.05. The van der Waals surface area contributed by atoms with Gasteiger partial charge in [0.1, 0.15) is 0 Å². The first-order chi connectivity index (χ1) is 18.3. The minimum absolute atomic E-state index is 0. The summed E-state index contributed by atoms with van der Waals surface area (Å²) in [4.78, 5) is 9.05. The molecule has 0 unspecified atom stereocenters. The summed E-state index contributed by atoms with van der Waals surface area (Å²) in [5.41, 5.74) is 11.5. The Morgan fingerprint density at radius 3 is 2.16 bits per heavy atom. The summed E-state index contributed by atoms with van der Waals surface area (Å²) in [6, 6.07) is 33.7. The molecule has 5 nitrogen and oxygen atoms in total. The second-order valence-corrected chi connectivity index (χ2v) is 10.2. The Kier molecular flexibility index (Phi) is 5.53. The Morgan fingerprint density at radius 1 is 0.816 bits per heavy atom. The molecule has 0 spiro atoms. The van der Waals surface area contributed by atoms with E-state index in [-0.39, 0.29) is 27.9 Å². The molecule has 38 heavy (non-hydrogen) atoms. The van der Waals surface area contributed by atoms with E-state index in [1.54, 1.807) is 16.3 Å². The summed E-state index contributed by atoms with van der Waals surface area (Å²) >= 11 is 1.64. The molecule has 0 saturated carbocycles. The molecule has 4 aromatic carbocycles. The molecule has 186 valence electrons. The molecule has 8 heteroatoms. The third kappa shape index (κ3) is 3.42. The molecule has 5 aromatic rings. The van der Waals surface area contributed by atoms with Crippen LogP contribution in [0.4, 0.5) is 17.1 Å². The van der Waals surface area contributed by atoms with E-state index >= 15 is 0 Å². The average molecular weight is 687 g/mol. The van der Waals surface area contributed by atoms with Crippen molar-refractivity contribution in [1.29, 1.82) is 0 Å². The van der Waals surface area contributed by atoms with Crippen LogP contribution < -0.4 is 20.6 Å². The molecule has 0 aliphatic carbocycles. The zero-order valence-corrected chi connectivity index (χ0v) is 23.4.